The molecule has 110 valence electrons. The third kappa shape index (κ3) is 2.84. The highest BCUT2D eigenvalue weighted by molar-refractivity contribution is 5.39. The predicted octanol–water partition coefficient (Wildman–Crippen LogP) is 2.76. The molecule has 2 unspecified atom stereocenters. The van der Waals surface area contributed by atoms with E-state index in [0.29, 0.717) is 6.10 Å². The molecule has 3 nitrogen and oxygen atoms in total. The van der Waals surface area contributed by atoms with E-state index < -0.39 is 0 Å². The zero-order valence-electron chi connectivity index (χ0n) is 12.7. The van der Waals surface area contributed by atoms with Crippen molar-refractivity contribution >= 4 is 0 Å². The van der Waals surface area contributed by atoms with Gasteiger partial charge in [-0.15, -0.1) is 0 Å². The zero-order chi connectivity index (χ0) is 14.0. The smallest absolute Gasteiger partial charge is 0.124 e. The number of hydrogen-bond donors (Lipinski definition) is 1. The van der Waals surface area contributed by atoms with Crippen LogP contribution in [-0.4, -0.2) is 37.7 Å². The van der Waals surface area contributed by atoms with E-state index in [1.807, 2.05) is 0 Å². The van der Waals surface area contributed by atoms with Gasteiger partial charge >= 0.3 is 0 Å². The van der Waals surface area contributed by atoms with Crippen molar-refractivity contribution in [1.82, 2.24) is 10.2 Å². The molecule has 3 heteroatoms. The maximum Gasteiger partial charge on any atom is 0.124 e. The number of likely N-dealkylation sites (N-methyl/N-ethyl adjacent to an activating group) is 1. The van der Waals surface area contributed by atoms with E-state index in [-0.39, 0.29) is 5.54 Å². The molecule has 1 aromatic carbocycles. The normalized spacial score (nSPS) is 31.4. The molecule has 2 aliphatic heterocycles. The van der Waals surface area contributed by atoms with Gasteiger partial charge in [0.05, 0.1) is 0 Å². The number of nitrogens with zero attached hydrogens (tertiary/aromatic N) is 1. The van der Waals surface area contributed by atoms with Crippen LogP contribution in [0.4, 0.5) is 0 Å². The van der Waals surface area contributed by atoms with Crippen molar-refractivity contribution in [3.05, 3.63) is 29.8 Å². The Morgan fingerprint density at radius 2 is 2.15 bits per heavy atom. The molecule has 0 saturated carbocycles. The summed E-state index contributed by atoms with van der Waals surface area (Å²) in [5.74, 6) is 1.07. The zero-order valence-corrected chi connectivity index (χ0v) is 12.7. The molecule has 2 saturated heterocycles. The van der Waals surface area contributed by atoms with Gasteiger partial charge < -0.3 is 15.0 Å². The molecule has 0 spiro atoms. The highest BCUT2D eigenvalue weighted by Crippen LogP contribution is 2.36. The van der Waals surface area contributed by atoms with Crippen LogP contribution in [0, 0.1) is 0 Å². The van der Waals surface area contributed by atoms with E-state index in [4.69, 9.17) is 4.74 Å². The van der Waals surface area contributed by atoms with E-state index in [2.05, 4.69) is 48.5 Å². The molecule has 0 aromatic heterocycles. The summed E-state index contributed by atoms with van der Waals surface area (Å²) in [5, 5.41) is 3.65. The first-order valence-electron chi connectivity index (χ1n) is 7.87. The predicted molar refractivity (Wildman–Crippen MR) is 82.2 cm³/mol. The molecule has 0 amide bonds. The Kier molecular flexibility index (Phi) is 3.99. The van der Waals surface area contributed by atoms with Crippen LogP contribution >= 0.6 is 0 Å². The number of piperidine rings is 1. The fourth-order valence-corrected chi connectivity index (χ4v) is 3.54. The number of rotatable bonds is 3. The Labute approximate surface area is 122 Å². The van der Waals surface area contributed by atoms with Crippen LogP contribution < -0.4 is 10.1 Å². The van der Waals surface area contributed by atoms with Crippen LogP contribution in [0.15, 0.2) is 24.3 Å². The minimum atomic E-state index is 0.0805. The maximum absolute atomic E-state index is 6.35. The van der Waals surface area contributed by atoms with Crippen LogP contribution in [-0.2, 0) is 5.54 Å². The molecule has 2 fully saturated rings. The number of benzene rings is 1. The second-order valence-corrected chi connectivity index (χ2v) is 6.50. The Morgan fingerprint density at radius 3 is 2.90 bits per heavy atom. The number of para-hydroxylation sites is 1. The molecule has 1 N–H and O–H groups in total. The summed E-state index contributed by atoms with van der Waals surface area (Å²) in [5.41, 5.74) is 1.41. The minimum Gasteiger partial charge on any atom is -0.489 e. The summed E-state index contributed by atoms with van der Waals surface area (Å²) in [6.45, 7) is 5.64. The molecule has 3 rings (SSSR count). The largest absolute Gasteiger partial charge is 0.489 e. The average Bonchev–Trinajstić information content (AvgIpc) is 2.87. The lowest BCUT2D eigenvalue weighted by Crippen LogP contribution is -2.39. The Bertz CT molecular complexity index is 454. The van der Waals surface area contributed by atoms with Gasteiger partial charge in [0, 0.05) is 17.6 Å². The Hall–Kier alpha value is -1.06. The second kappa shape index (κ2) is 5.74. The molecule has 0 bridgehead atoms. The van der Waals surface area contributed by atoms with Gasteiger partial charge in [-0.3, -0.25) is 0 Å². The summed E-state index contributed by atoms with van der Waals surface area (Å²) >= 11 is 0. The van der Waals surface area contributed by atoms with Gasteiger partial charge in [0.2, 0.25) is 0 Å². The summed E-state index contributed by atoms with van der Waals surface area (Å²) in [7, 11) is 2.18. The lowest BCUT2D eigenvalue weighted by Gasteiger charge is -2.33. The third-order valence-corrected chi connectivity index (χ3v) is 4.73. The molecule has 1 aromatic rings. The summed E-state index contributed by atoms with van der Waals surface area (Å²) < 4.78 is 6.35. The summed E-state index contributed by atoms with van der Waals surface area (Å²) in [4.78, 5) is 2.37. The molecule has 2 aliphatic rings. The van der Waals surface area contributed by atoms with E-state index in [9.17, 15) is 0 Å². The van der Waals surface area contributed by atoms with Crippen molar-refractivity contribution < 1.29 is 4.74 Å². The fourth-order valence-electron chi connectivity index (χ4n) is 3.54. The first-order valence-corrected chi connectivity index (χ1v) is 7.87. The fraction of sp³-hybridized carbons (Fsp3) is 0.647. The number of ether oxygens (including phenoxy) is 1. The van der Waals surface area contributed by atoms with E-state index >= 15 is 0 Å². The maximum atomic E-state index is 6.35. The lowest BCUT2D eigenvalue weighted by atomic mass is 9.90. The van der Waals surface area contributed by atoms with Crippen molar-refractivity contribution in [2.75, 3.05) is 26.7 Å². The standard InChI is InChI=1S/C17H26N2O/c1-17(10-6-11-18-17)15-8-3-4-9-16(15)20-14-7-5-12-19(2)13-14/h3-4,8-9,14,18H,5-7,10-13H2,1-2H3. The van der Waals surface area contributed by atoms with Gasteiger partial charge in [-0.1, -0.05) is 18.2 Å². The SMILES string of the molecule is CN1CCCC(Oc2ccccc2C2(C)CCCN2)C1. The first-order chi connectivity index (χ1) is 9.67. The van der Waals surface area contributed by atoms with Crippen molar-refractivity contribution in [1.29, 1.82) is 0 Å². The van der Waals surface area contributed by atoms with Crippen molar-refractivity contribution in [3.8, 4) is 5.75 Å². The molecular formula is C17H26N2O. The molecular weight excluding hydrogens is 248 g/mol. The van der Waals surface area contributed by atoms with Gasteiger partial charge in [0.1, 0.15) is 11.9 Å². The lowest BCUT2D eigenvalue weighted by molar-refractivity contribution is 0.102. The van der Waals surface area contributed by atoms with Crippen LogP contribution in [0.5, 0.6) is 5.75 Å². The van der Waals surface area contributed by atoms with E-state index in [1.54, 1.807) is 0 Å². The van der Waals surface area contributed by atoms with Gasteiger partial charge in [-0.05, 0) is 58.8 Å². The molecule has 2 heterocycles. The Balaban J connectivity index is 1.79. The van der Waals surface area contributed by atoms with E-state index in [1.165, 1.54) is 37.8 Å². The van der Waals surface area contributed by atoms with Gasteiger partial charge in [0.25, 0.3) is 0 Å². The minimum absolute atomic E-state index is 0.0805. The van der Waals surface area contributed by atoms with Gasteiger partial charge in [0.15, 0.2) is 0 Å². The van der Waals surface area contributed by atoms with Crippen molar-refractivity contribution in [2.24, 2.45) is 0 Å². The first kappa shape index (κ1) is 13.9. The van der Waals surface area contributed by atoms with Crippen LogP contribution in [0.3, 0.4) is 0 Å². The third-order valence-electron chi connectivity index (χ3n) is 4.73. The second-order valence-electron chi connectivity index (χ2n) is 6.50. The van der Waals surface area contributed by atoms with Crippen molar-refractivity contribution in [3.63, 3.8) is 0 Å². The topological polar surface area (TPSA) is 24.5 Å². The van der Waals surface area contributed by atoms with Crippen LogP contribution in [0.1, 0.15) is 38.2 Å². The van der Waals surface area contributed by atoms with Gasteiger partial charge in [-0.25, -0.2) is 0 Å². The molecule has 0 aliphatic carbocycles. The summed E-state index contributed by atoms with van der Waals surface area (Å²) in [6.07, 6.45) is 5.18. The number of hydrogen-bond acceptors (Lipinski definition) is 3. The van der Waals surface area contributed by atoms with Gasteiger partial charge in [-0.2, -0.15) is 0 Å². The van der Waals surface area contributed by atoms with E-state index in [0.717, 1.165) is 18.8 Å². The Morgan fingerprint density at radius 1 is 1.30 bits per heavy atom. The monoisotopic (exact) mass is 274 g/mol. The summed E-state index contributed by atoms with van der Waals surface area (Å²) in [6, 6.07) is 8.57. The molecule has 20 heavy (non-hydrogen) atoms. The number of likely N-dealkylation sites (tertiary alicyclic amines) is 1. The average molecular weight is 274 g/mol. The van der Waals surface area contributed by atoms with Crippen LogP contribution in [0.2, 0.25) is 0 Å². The molecule has 0 radical (unpaired) electrons. The molecule has 2 atom stereocenters. The number of nitrogens with one attached hydrogen (secondary N) is 1. The highest BCUT2D eigenvalue weighted by Gasteiger charge is 2.33. The van der Waals surface area contributed by atoms with Crippen molar-refractivity contribution in [2.45, 2.75) is 44.2 Å². The highest BCUT2D eigenvalue weighted by atomic mass is 16.5. The quantitative estimate of drug-likeness (QED) is 0.917. The van der Waals surface area contributed by atoms with Crippen LogP contribution in [0.25, 0.3) is 0 Å².